The van der Waals surface area contributed by atoms with Gasteiger partial charge in [0, 0.05) is 0 Å². The third-order valence-corrected chi connectivity index (χ3v) is 5.06. The van der Waals surface area contributed by atoms with Crippen molar-refractivity contribution in [1.82, 2.24) is 0 Å². The van der Waals surface area contributed by atoms with E-state index in [1.165, 1.54) is 51.4 Å². The largest absolute Gasteiger partial charge is 0.393 e. The molecule has 2 saturated carbocycles. The topological polar surface area (TPSA) is 20.2 Å². The fourth-order valence-electron chi connectivity index (χ4n) is 3.86. The van der Waals surface area contributed by atoms with Gasteiger partial charge in [-0.3, -0.25) is 0 Å². The Morgan fingerprint density at radius 3 is 2.06 bits per heavy atom. The second-order valence-electron chi connectivity index (χ2n) is 6.79. The van der Waals surface area contributed by atoms with Crippen molar-refractivity contribution in [3.8, 4) is 0 Å². The Hall–Kier alpha value is -0.0400. The lowest BCUT2D eigenvalue weighted by Gasteiger charge is -2.33. The van der Waals surface area contributed by atoms with Gasteiger partial charge in [0.25, 0.3) is 0 Å². The van der Waals surface area contributed by atoms with Crippen LogP contribution in [0.3, 0.4) is 0 Å². The molecule has 0 heterocycles. The monoisotopic (exact) mass is 238 g/mol. The second kappa shape index (κ2) is 6.22. The maximum absolute atomic E-state index is 9.72. The summed E-state index contributed by atoms with van der Waals surface area (Å²) < 4.78 is 0. The number of hydrogen-bond acceptors (Lipinski definition) is 1. The van der Waals surface area contributed by atoms with Gasteiger partial charge in [-0.1, -0.05) is 39.0 Å². The molecule has 0 bridgehead atoms. The Bertz CT molecular complexity index is 214. The van der Waals surface area contributed by atoms with E-state index >= 15 is 0 Å². The molecular formula is C16H30O. The standard InChI is InChI=1S/C16H30O/c1-12(14-8-9-14)10-16(11-13(2)17)15-6-4-3-5-7-15/h12-17H,3-11H2,1-2H3. The zero-order valence-corrected chi connectivity index (χ0v) is 11.7. The Balaban J connectivity index is 1.86. The van der Waals surface area contributed by atoms with E-state index in [0.29, 0.717) is 0 Å². The van der Waals surface area contributed by atoms with Crippen molar-refractivity contribution in [1.29, 1.82) is 0 Å². The summed E-state index contributed by atoms with van der Waals surface area (Å²) >= 11 is 0. The van der Waals surface area contributed by atoms with Crippen LogP contribution in [0.2, 0.25) is 0 Å². The van der Waals surface area contributed by atoms with Gasteiger partial charge < -0.3 is 5.11 Å². The van der Waals surface area contributed by atoms with Gasteiger partial charge in [0.1, 0.15) is 0 Å². The lowest BCUT2D eigenvalue weighted by Crippen LogP contribution is -2.24. The van der Waals surface area contributed by atoms with Crippen LogP contribution in [-0.2, 0) is 0 Å². The van der Waals surface area contributed by atoms with Crippen molar-refractivity contribution in [2.45, 2.75) is 77.7 Å². The molecule has 0 saturated heterocycles. The molecule has 0 spiro atoms. The highest BCUT2D eigenvalue weighted by atomic mass is 16.3. The molecule has 1 N–H and O–H groups in total. The van der Waals surface area contributed by atoms with Gasteiger partial charge in [0.2, 0.25) is 0 Å². The van der Waals surface area contributed by atoms with E-state index in [-0.39, 0.29) is 6.10 Å². The summed E-state index contributed by atoms with van der Waals surface area (Å²) in [5.74, 6) is 3.64. The van der Waals surface area contributed by atoms with E-state index in [1.807, 2.05) is 6.92 Å². The molecule has 17 heavy (non-hydrogen) atoms. The number of aliphatic hydroxyl groups excluding tert-OH is 1. The van der Waals surface area contributed by atoms with E-state index < -0.39 is 0 Å². The smallest absolute Gasteiger partial charge is 0.0514 e. The molecule has 0 radical (unpaired) electrons. The van der Waals surface area contributed by atoms with Crippen LogP contribution in [0.15, 0.2) is 0 Å². The average Bonchev–Trinajstić information content (AvgIpc) is 3.12. The molecule has 2 rings (SSSR count). The van der Waals surface area contributed by atoms with Crippen LogP contribution < -0.4 is 0 Å². The van der Waals surface area contributed by atoms with Gasteiger partial charge >= 0.3 is 0 Å². The minimum atomic E-state index is -0.103. The maximum Gasteiger partial charge on any atom is 0.0514 e. The van der Waals surface area contributed by atoms with E-state index in [4.69, 9.17) is 0 Å². The predicted octanol–water partition coefficient (Wildman–Crippen LogP) is 4.39. The van der Waals surface area contributed by atoms with E-state index in [0.717, 1.165) is 30.1 Å². The lowest BCUT2D eigenvalue weighted by molar-refractivity contribution is 0.110. The lowest BCUT2D eigenvalue weighted by atomic mass is 9.73. The molecule has 0 aromatic heterocycles. The van der Waals surface area contributed by atoms with Crippen LogP contribution in [-0.4, -0.2) is 11.2 Å². The van der Waals surface area contributed by atoms with Crippen LogP contribution >= 0.6 is 0 Å². The first kappa shape index (κ1) is 13.4. The highest BCUT2D eigenvalue weighted by Crippen LogP contribution is 2.43. The zero-order valence-electron chi connectivity index (χ0n) is 11.7. The molecule has 3 unspecified atom stereocenters. The van der Waals surface area contributed by atoms with Crippen LogP contribution in [0, 0.1) is 23.7 Å². The van der Waals surface area contributed by atoms with Gasteiger partial charge in [-0.25, -0.2) is 0 Å². The predicted molar refractivity (Wildman–Crippen MR) is 72.9 cm³/mol. The van der Waals surface area contributed by atoms with Crippen LogP contribution in [0.5, 0.6) is 0 Å². The Kier molecular flexibility index (Phi) is 4.90. The molecule has 0 aliphatic heterocycles. The highest BCUT2D eigenvalue weighted by molar-refractivity contribution is 4.83. The third kappa shape index (κ3) is 4.28. The van der Waals surface area contributed by atoms with Gasteiger partial charge in [0.15, 0.2) is 0 Å². The van der Waals surface area contributed by atoms with E-state index in [9.17, 15) is 5.11 Å². The molecule has 2 fully saturated rings. The summed E-state index contributed by atoms with van der Waals surface area (Å²) in [5.41, 5.74) is 0. The summed E-state index contributed by atoms with van der Waals surface area (Å²) in [4.78, 5) is 0. The first-order chi connectivity index (χ1) is 8.16. The molecule has 1 nitrogen and oxygen atoms in total. The molecule has 0 amide bonds. The molecule has 100 valence electrons. The highest BCUT2D eigenvalue weighted by Gasteiger charge is 2.32. The van der Waals surface area contributed by atoms with Crippen molar-refractivity contribution in [2.24, 2.45) is 23.7 Å². The molecule has 2 aliphatic rings. The fourth-order valence-corrected chi connectivity index (χ4v) is 3.86. The van der Waals surface area contributed by atoms with Crippen LogP contribution in [0.25, 0.3) is 0 Å². The van der Waals surface area contributed by atoms with Gasteiger partial charge in [-0.2, -0.15) is 0 Å². The zero-order chi connectivity index (χ0) is 12.3. The van der Waals surface area contributed by atoms with E-state index in [1.54, 1.807) is 0 Å². The van der Waals surface area contributed by atoms with Gasteiger partial charge in [-0.15, -0.1) is 0 Å². The van der Waals surface area contributed by atoms with Crippen LogP contribution in [0.1, 0.15) is 71.6 Å². The quantitative estimate of drug-likeness (QED) is 0.727. The van der Waals surface area contributed by atoms with Gasteiger partial charge in [0.05, 0.1) is 6.10 Å². The Labute approximate surface area is 107 Å². The Morgan fingerprint density at radius 2 is 1.53 bits per heavy atom. The number of hydrogen-bond donors (Lipinski definition) is 1. The first-order valence-corrected chi connectivity index (χ1v) is 7.85. The maximum atomic E-state index is 9.72. The average molecular weight is 238 g/mol. The minimum Gasteiger partial charge on any atom is -0.393 e. The molecule has 0 aromatic rings. The second-order valence-corrected chi connectivity index (χ2v) is 6.79. The van der Waals surface area contributed by atoms with Crippen molar-refractivity contribution in [3.05, 3.63) is 0 Å². The summed E-state index contributed by atoms with van der Waals surface area (Å²) in [6.07, 6.45) is 12.4. The Morgan fingerprint density at radius 1 is 0.882 bits per heavy atom. The molecule has 2 aliphatic carbocycles. The SMILES string of the molecule is CC(O)CC(CC(C)C1CC1)C1CCCCC1. The fraction of sp³-hybridized carbons (Fsp3) is 1.00. The first-order valence-electron chi connectivity index (χ1n) is 7.85. The van der Waals surface area contributed by atoms with Gasteiger partial charge in [-0.05, 0) is 56.3 Å². The number of aliphatic hydroxyl groups is 1. The molecular weight excluding hydrogens is 208 g/mol. The molecule has 3 atom stereocenters. The minimum absolute atomic E-state index is 0.103. The summed E-state index contributed by atoms with van der Waals surface area (Å²) in [6, 6.07) is 0. The summed E-state index contributed by atoms with van der Waals surface area (Å²) in [6.45, 7) is 4.41. The van der Waals surface area contributed by atoms with Crippen molar-refractivity contribution in [3.63, 3.8) is 0 Å². The molecule has 0 aromatic carbocycles. The van der Waals surface area contributed by atoms with Crippen molar-refractivity contribution < 1.29 is 5.11 Å². The van der Waals surface area contributed by atoms with Crippen molar-refractivity contribution in [2.75, 3.05) is 0 Å². The summed E-state index contributed by atoms with van der Waals surface area (Å²) in [5, 5.41) is 9.72. The third-order valence-electron chi connectivity index (χ3n) is 5.06. The van der Waals surface area contributed by atoms with Crippen LogP contribution in [0.4, 0.5) is 0 Å². The normalized spacial score (nSPS) is 27.7. The number of rotatable bonds is 6. The van der Waals surface area contributed by atoms with E-state index in [2.05, 4.69) is 6.92 Å². The molecule has 1 heteroatoms. The van der Waals surface area contributed by atoms with Crippen molar-refractivity contribution >= 4 is 0 Å². The summed E-state index contributed by atoms with van der Waals surface area (Å²) in [7, 11) is 0.